The van der Waals surface area contributed by atoms with Crippen molar-refractivity contribution < 1.29 is 9.13 Å². The molecule has 0 amide bonds. The van der Waals surface area contributed by atoms with Crippen LogP contribution in [-0.4, -0.2) is 9.97 Å². The monoisotopic (exact) mass is 300 g/mol. The van der Waals surface area contributed by atoms with Crippen LogP contribution in [0.4, 0.5) is 10.2 Å². The summed E-state index contributed by atoms with van der Waals surface area (Å²) in [5.74, 6) is 0.202. The lowest BCUT2D eigenvalue weighted by Crippen LogP contribution is -2.05. The first-order chi connectivity index (χ1) is 10.2. The third kappa shape index (κ3) is 2.61. The maximum Gasteiger partial charge on any atom is 0.169 e. The lowest BCUT2D eigenvalue weighted by Gasteiger charge is -2.07. The predicted octanol–water partition coefficient (Wildman–Crippen LogP) is 2.86. The molecule has 1 aromatic carbocycles. The summed E-state index contributed by atoms with van der Waals surface area (Å²) in [4.78, 5) is 9.19. The van der Waals surface area contributed by atoms with Crippen molar-refractivity contribution in [2.45, 2.75) is 6.61 Å². The fourth-order valence-corrected chi connectivity index (χ4v) is 2.61. The Labute approximate surface area is 123 Å². The van der Waals surface area contributed by atoms with E-state index in [1.54, 1.807) is 0 Å². The molecule has 0 spiro atoms. The summed E-state index contributed by atoms with van der Waals surface area (Å²) < 4.78 is 19.0. The van der Waals surface area contributed by atoms with Crippen molar-refractivity contribution >= 4 is 27.4 Å². The first-order valence-corrected chi connectivity index (χ1v) is 6.87. The number of nitrogens with two attached hydrogens (primary N) is 1. The van der Waals surface area contributed by atoms with Gasteiger partial charge in [0.2, 0.25) is 0 Å². The third-order valence-electron chi connectivity index (χ3n) is 2.82. The maximum absolute atomic E-state index is 13.7. The highest BCUT2D eigenvalue weighted by molar-refractivity contribution is 7.16. The van der Waals surface area contributed by atoms with Gasteiger partial charge in [-0.2, -0.15) is 5.26 Å². The Balaban J connectivity index is 1.82. The van der Waals surface area contributed by atoms with E-state index in [1.807, 2.05) is 17.5 Å². The molecule has 0 bridgehead atoms. The number of aromatic nitrogens is 2. The minimum Gasteiger partial charge on any atom is -0.483 e. The van der Waals surface area contributed by atoms with Gasteiger partial charge in [-0.3, -0.25) is 0 Å². The van der Waals surface area contributed by atoms with Gasteiger partial charge in [-0.15, -0.1) is 11.3 Å². The van der Waals surface area contributed by atoms with Crippen LogP contribution >= 0.6 is 11.3 Å². The van der Waals surface area contributed by atoms with Gasteiger partial charge in [0.1, 0.15) is 17.3 Å². The summed E-state index contributed by atoms with van der Waals surface area (Å²) >= 11 is 1.45. The second kappa shape index (κ2) is 5.34. The SMILES string of the molecule is N#Cc1ccc(OCc2nc(N)c3ccsc3n2)c(F)c1. The molecule has 0 unspecified atom stereocenters. The smallest absolute Gasteiger partial charge is 0.169 e. The van der Waals surface area contributed by atoms with E-state index in [1.165, 1.54) is 23.5 Å². The number of nitriles is 1. The molecule has 2 N–H and O–H groups in total. The quantitative estimate of drug-likeness (QED) is 0.804. The summed E-state index contributed by atoms with van der Waals surface area (Å²) in [5.41, 5.74) is 6.06. The summed E-state index contributed by atoms with van der Waals surface area (Å²) in [5, 5.41) is 11.4. The van der Waals surface area contributed by atoms with Crippen molar-refractivity contribution in [2.24, 2.45) is 0 Å². The molecule has 3 rings (SSSR count). The van der Waals surface area contributed by atoms with Crippen LogP contribution in [0, 0.1) is 17.1 Å². The van der Waals surface area contributed by atoms with Gasteiger partial charge in [0.15, 0.2) is 17.4 Å². The number of thiophene rings is 1. The van der Waals surface area contributed by atoms with Crippen LogP contribution in [-0.2, 0) is 6.61 Å². The Morgan fingerprint density at radius 3 is 2.95 bits per heavy atom. The fraction of sp³-hybridized carbons (Fsp3) is 0.0714. The lowest BCUT2D eigenvalue weighted by atomic mass is 10.2. The molecule has 104 valence electrons. The number of nitrogen functional groups attached to an aromatic ring is 1. The molecular weight excluding hydrogens is 291 g/mol. The predicted molar refractivity (Wildman–Crippen MR) is 77.3 cm³/mol. The van der Waals surface area contributed by atoms with Crippen LogP contribution in [0.3, 0.4) is 0 Å². The van der Waals surface area contributed by atoms with Crippen LogP contribution in [0.2, 0.25) is 0 Å². The average Bonchev–Trinajstić information content (AvgIpc) is 2.95. The van der Waals surface area contributed by atoms with Crippen molar-refractivity contribution in [1.29, 1.82) is 5.26 Å². The molecule has 0 aliphatic rings. The molecule has 5 nitrogen and oxygen atoms in total. The van der Waals surface area contributed by atoms with E-state index in [9.17, 15) is 4.39 Å². The van der Waals surface area contributed by atoms with E-state index < -0.39 is 5.82 Å². The lowest BCUT2D eigenvalue weighted by molar-refractivity contribution is 0.281. The van der Waals surface area contributed by atoms with E-state index in [-0.39, 0.29) is 17.9 Å². The van der Waals surface area contributed by atoms with Crippen LogP contribution in [0.5, 0.6) is 5.75 Å². The largest absolute Gasteiger partial charge is 0.483 e. The molecule has 0 aliphatic carbocycles. The van der Waals surface area contributed by atoms with Crippen LogP contribution < -0.4 is 10.5 Å². The highest BCUT2D eigenvalue weighted by Crippen LogP contribution is 2.24. The van der Waals surface area contributed by atoms with Crippen LogP contribution in [0.15, 0.2) is 29.6 Å². The molecule has 0 fully saturated rings. The number of benzene rings is 1. The molecule has 2 heterocycles. The van der Waals surface area contributed by atoms with Gasteiger partial charge in [0, 0.05) is 0 Å². The fourth-order valence-electron chi connectivity index (χ4n) is 1.82. The van der Waals surface area contributed by atoms with Gasteiger partial charge in [0.05, 0.1) is 17.0 Å². The first kappa shape index (κ1) is 13.3. The van der Waals surface area contributed by atoms with Gasteiger partial charge in [0.25, 0.3) is 0 Å². The second-order valence-corrected chi connectivity index (χ2v) is 5.10. The van der Waals surface area contributed by atoms with Gasteiger partial charge in [-0.1, -0.05) is 0 Å². The van der Waals surface area contributed by atoms with Crippen molar-refractivity contribution in [3.8, 4) is 11.8 Å². The van der Waals surface area contributed by atoms with Crippen molar-refractivity contribution in [1.82, 2.24) is 9.97 Å². The normalized spacial score (nSPS) is 10.5. The number of hydrogen-bond donors (Lipinski definition) is 1. The molecular formula is C14H9FN4OS. The summed E-state index contributed by atoms with van der Waals surface area (Å²) in [6.07, 6.45) is 0. The molecule has 3 aromatic rings. The number of fused-ring (bicyclic) bond motifs is 1. The number of ether oxygens (including phenoxy) is 1. The molecule has 2 aromatic heterocycles. The molecule has 0 radical (unpaired) electrons. The van der Waals surface area contributed by atoms with Crippen molar-refractivity contribution in [3.63, 3.8) is 0 Å². The van der Waals surface area contributed by atoms with Gasteiger partial charge >= 0.3 is 0 Å². The highest BCUT2D eigenvalue weighted by Gasteiger charge is 2.09. The number of nitrogens with zero attached hydrogens (tertiary/aromatic N) is 3. The molecule has 0 saturated heterocycles. The number of hydrogen-bond acceptors (Lipinski definition) is 6. The zero-order valence-corrected chi connectivity index (χ0v) is 11.5. The molecule has 7 heteroatoms. The maximum atomic E-state index is 13.7. The summed E-state index contributed by atoms with van der Waals surface area (Å²) in [6, 6.07) is 7.71. The Morgan fingerprint density at radius 1 is 1.33 bits per heavy atom. The van der Waals surface area contributed by atoms with E-state index in [2.05, 4.69) is 9.97 Å². The number of halogens is 1. The molecule has 0 atom stereocenters. The Bertz CT molecular complexity index is 856. The topological polar surface area (TPSA) is 84.8 Å². The summed E-state index contributed by atoms with van der Waals surface area (Å²) in [7, 11) is 0. The van der Waals surface area contributed by atoms with E-state index >= 15 is 0 Å². The second-order valence-electron chi connectivity index (χ2n) is 4.21. The third-order valence-corrected chi connectivity index (χ3v) is 3.63. The average molecular weight is 300 g/mol. The standard InChI is InChI=1S/C14H9FN4OS/c15-10-5-8(6-16)1-2-11(10)20-7-12-18-13(17)9-3-4-21-14(9)19-12/h1-5H,7H2,(H2,17,18,19). The Morgan fingerprint density at radius 2 is 2.19 bits per heavy atom. The molecule has 0 aliphatic heterocycles. The van der Waals surface area contributed by atoms with Gasteiger partial charge < -0.3 is 10.5 Å². The van der Waals surface area contributed by atoms with Crippen molar-refractivity contribution in [3.05, 3.63) is 46.9 Å². The first-order valence-electron chi connectivity index (χ1n) is 5.99. The zero-order chi connectivity index (χ0) is 14.8. The van der Waals surface area contributed by atoms with Crippen LogP contribution in [0.1, 0.15) is 11.4 Å². The van der Waals surface area contributed by atoms with Gasteiger partial charge in [-0.05, 0) is 29.6 Å². The Kier molecular flexibility index (Phi) is 3.38. The molecule has 0 saturated carbocycles. The van der Waals surface area contributed by atoms with E-state index in [0.717, 1.165) is 16.3 Å². The number of anilines is 1. The zero-order valence-electron chi connectivity index (χ0n) is 10.7. The van der Waals surface area contributed by atoms with Gasteiger partial charge in [-0.25, -0.2) is 14.4 Å². The van der Waals surface area contributed by atoms with Crippen LogP contribution in [0.25, 0.3) is 10.2 Å². The number of rotatable bonds is 3. The Hall–Kier alpha value is -2.72. The van der Waals surface area contributed by atoms with E-state index in [0.29, 0.717) is 11.6 Å². The summed E-state index contributed by atoms with van der Waals surface area (Å²) in [6.45, 7) is 0.000853. The minimum atomic E-state index is -0.598. The highest BCUT2D eigenvalue weighted by atomic mass is 32.1. The van der Waals surface area contributed by atoms with E-state index in [4.69, 9.17) is 15.7 Å². The molecule has 21 heavy (non-hydrogen) atoms. The van der Waals surface area contributed by atoms with Crippen molar-refractivity contribution in [2.75, 3.05) is 5.73 Å². The minimum absolute atomic E-state index is 0.000853.